The lowest BCUT2D eigenvalue weighted by Gasteiger charge is -2.33. The molecule has 0 fully saturated rings. The van der Waals surface area contributed by atoms with Crippen molar-refractivity contribution < 1.29 is 21.9 Å². The molecular weight excluding hydrogens is 468 g/mol. The number of aliphatic hydroxyl groups excluding tert-OH is 1. The molecule has 0 heterocycles. The van der Waals surface area contributed by atoms with Crippen LogP contribution in [0.15, 0.2) is 101 Å². The fourth-order valence-corrected chi connectivity index (χ4v) is 9.56. The molecule has 3 aromatic rings. The summed E-state index contributed by atoms with van der Waals surface area (Å²) in [5.41, 5.74) is 2.02. The van der Waals surface area contributed by atoms with E-state index in [0.717, 1.165) is 12.0 Å². The summed E-state index contributed by atoms with van der Waals surface area (Å²) in [4.78, 5) is -0.286. The van der Waals surface area contributed by atoms with Crippen LogP contribution in [0.2, 0.25) is 0 Å². The van der Waals surface area contributed by atoms with Gasteiger partial charge in [0.15, 0.2) is 0 Å². The minimum absolute atomic E-state index is 0.143. The van der Waals surface area contributed by atoms with Crippen molar-refractivity contribution in [3.05, 3.63) is 102 Å². The second-order valence-electron chi connectivity index (χ2n) is 9.01. The lowest BCUT2D eigenvalue weighted by Crippen LogP contribution is -2.53. The van der Waals surface area contributed by atoms with Gasteiger partial charge >= 0.3 is 0 Å². The number of hydrogen-bond donors (Lipinski definition) is 1. The lowest BCUT2D eigenvalue weighted by molar-refractivity contribution is 0.217. The molecule has 0 aliphatic heterocycles. The fourth-order valence-electron chi connectivity index (χ4n) is 4.55. The standard InChI is InChI=1S/C27H28O5S2/c1-20(2)19-21-13-15-22(16-14-21)25-17-18-27(26(25)28,33(29,30)23-9-5-3-6-10-23)34(31,32)24-11-7-4-8-12-24/h3-17,20,26,28H,18-19H2,1-2H3. The summed E-state index contributed by atoms with van der Waals surface area (Å²) in [5.74, 6) is 0.474. The quantitative estimate of drug-likeness (QED) is 0.513. The molecular formula is C27H28O5S2. The van der Waals surface area contributed by atoms with Gasteiger partial charge in [-0.2, -0.15) is 0 Å². The first-order chi connectivity index (χ1) is 16.1. The Kier molecular flexibility index (Phi) is 6.55. The van der Waals surface area contributed by atoms with Gasteiger partial charge in [-0.25, -0.2) is 16.8 Å². The highest BCUT2D eigenvalue weighted by Gasteiger charge is 2.63. The predicted molar refractivity (Wildman–Crippen MR) is 134 cm³/mol. The summed E-state index contributed by atoms with van der Waals surface area (Å²) in [6.07, 6.45) is 0.310. The van der Waals surface area contributed by atoms with Crippen LogP contribution in [0.25, 0.3) is 5.57 Å². The highest BCUT2D eigenvalue weighted by molar-refractivity contribution is 8.10. The zero-order valence-corrected chi connectivity index (χ0v) is 20.8. The molecule has 0 bridgehead atoms. The van der Waals surface area contributed by atoms with E-state index in [4.69, 9.17) is 0 Å². The van der Waals surface area contributed by atoms with Gasteiger partial charge in [-0.1, -0.05) is 80.6 Å². The number of aliphatic hydroxyl groups is 1. The third-order valence-corrected chi connectivity index (χ3v) is 12.0. The van der Waals surface area contributed by atoms with Crippen molar-refractivity contribution in [3.8, 4) is 0 Å². The molecule has 1 aliphatic carbocycles. The fraction of sp³-hybridized carbons (Fsp3) is 0.259. The maximum atomic E-state index is 14.0. The second-order valence-corrected chi connectivity index (χ2v) is 13.7. The van der Waals surface area contributed by atoms with E-state index in [-0.39, 0.29) is 16.2 Å². The molecule has 1 unspecified atom stereocenters. The minimum atomic E-state index is -4.51. The van der Waals surface area contributed by atoms with Gasteiger partial charge < -0.3 is 5.11 Å². The average molecular weight is 497 g/mol. The average Bonchev–Trinajstić information content (AvgIpc) is 3.19. The SMILES string of the molecule is CC(C)Cc1ccc(C2=CCC(S(=O)(=O)c3ccccc3)(S(=O)(=O)c3ccccc3)C2O)cc1. The number of hydrogen-bond acceptors (Lipinski definition) is 5. The molecule has 1 aliphatic rings. The van der Waals surface area contributed by atoms with Gasteiger partial charge in [0, 0.05) is 6.42 Å². The largest absolute Gasteiger partial charge is 0.386 e. The first-order valence-electron chi connectivity index (χ1n) is 11.2. The normalized spacial score (nSPS) is 18.1. The van der Waals surface area contributed by atoms with Crippen molar-refractivity contribution in [3.63, 3.8) is 0 Å². The maximum Gasteiger partial charge on any atom is 0.215 e. The monoisotopic (exact) mass is 496 g/mol. The molecule has 34 heavy (non-hydrogen) atoms. The van der Waals surface area contributed by atoms with E-state index in [1.165, 1.54) is 24.3 Å². The summed E-state index contributed by atoms with van der Waals surface area (Å²) in [6, 6.07) is 22.4. The Morgan fingerprint density at radius 2 is 1.26 bits per heavy atom. The summed E-state index contributed by atoms with van der Waals surface area (Å²) >= 11 is 0. The highest BCUT2D eigenvalue weighted by Crippen LogP contribution is 2.49. The van der Waals surface area contributed by atoms with Crippen LogP contribution in [0.4, 0.5) is 0 Å². The minimum Gasteiger partial charge on any atom is -0.386 e. The van der Waals surface area contributed by atoms with Crippen molar-refractivity contribution in [2.45, 2.75) is 46.7 Å². The molecule has 1 atom stereocenters. The zero-order valence-electron chi connectivity index (χ0n) is 19.1. The topological polar surface area (TPSA) is 88.5 Å². The number of sulfone groups is 2. The first kappa shape index (κ1) is 24.4. The summed E-state index contributed by atoms with van der Waals surface area (Å²) in [5, 5.41) is 11.5. The van der Waals surface area contributed by atoms with Crippen LogP contribution in [0.5, 0.6) is 0 Å². The van der Waals surface area contributed by atoms with Gasteiger partial charge in [-0.15, -0.1) is 0 Å². The van der Waals surface area contributed by atoms with Crippen molar-refractivity contribution in [2.75, 3.05) is 0 Å². The molecule has 1 N–H and O–H groups in total. The van der Waals surface area contributed by atoms with Crippen molar-refractivity contribution >= 4 is 25.2 Å². The predicted octanol–water partition coefficient (Wildman–Crippen LogP) is 4.68. The zero-order chi connectivity index (χ0) is 24.6. The molecule has 0 saturated heterocycles. The number of allylic oxidation sites excluding steroid dienone is 1. The lowest BCUT2D eigenvalue weighted by atomic mass is 9.98. The second kappa shape index (κ2) is 9.13. The third kappa shape index (κ3) is 3.91. The summed E-state index contributed by atoms with van der Waals surface area (Å²) in [7, 11) is -9.02. The molecule has 0 aromatic heterocycles. The van der Waals surface area contributed by atoms with Gasteiger partial charge in [0.25, 0.3) is 0 Å². The van der Waals surface area contributed by atoms with E-state index in [1.54, 1.807) is 42.5 Å². The van der Waals surface area contributed by atoms with Gasteiger partial charge in [-0.05, 0) is 53.3 Å². The van der Waals surface area contributed by atoms with Crippen LogP contribution in [0, 0.1) is 5.92 Å². The molecule has 0 radical (unpaired) electrons. The van der Waals surface area contributed by atoms with Crippen molar-refractivity contribution in [1.82, 2.24) is 0 Å². The van der Waals surface area contributed by atoms with E-state index in [9.17, 15) is 21.9 Å². The molecule has 5 nitrogen and oxygen atoms in total. The number of benzene rings is 3. The highest BCUT2D eigenvalue weighted by atomic mass is 32.3. The Morgan fingerprint density at radius 1 is 0.794 bits per heavy atom. The van der Waals surface area contributed by atoms with Gasteiger partial charge in [0.2, 0.25) is 23.8 Å². The van der Waals surface area contributed by atoms with Crippen LogP contribution in [-0.4, -0.2) is 32.1 Å². The Balaban J connectivity index is 1.86. The molecule has 4 rings (SSSR count). The maximum absolute atomic E-state index is 14.0. The smallest absolute Gasteiger partial charge is 0.215 e. The van der Waals surface area contributed by atoms with Crippen LogP contribution >= 0.6 is 0 Å². The third-order valence-electron chi connectivity index (χ3n) is 6.27. The van der Waals surface area contributed by atoms with E-state index in [1.807, 2.05) is 24.3 Å². The Bertz CT molecular complexity index is 1320. The Hall–Kier alpha value is -2.74. The molecule has 3 aromatic carbocycles. The number of rotatable bonds is 7. The van der Waals surface area contributed by atoms with E-state index < -0.39 is 29.9 Å². The van der Waals surface area contributed by atoms with E-state index >= 15 is 0 Å². The Morgan fingerprint density at radius 3 is 1.71 bits per heavy atom. The molecule has 0 spiro atoms. The van der Waals surface area contributed by atoms with Crippen LogP contribution in [0.3, 0.4) is 0 Å². The molecule has 178 valence electrons. The summed E-state index contributed by atoms with van der Waals surface area (Å²) < 4.78 is 53.4. The van der Waals surface area contributed by atoms with Gasteiger partial charge in [0.1, 0.15) is 6.10 Å². The van der Waals surface area contributed by atoms with Crippen LogP contribution in [-0.2, 0) is 26.1 Å². The van der Waals surface area contributed by atoms with E-state index in [2.05, 4.69) is 13.8 Å². The van der Waals surface area contributed by atoms with E-state index in [0.29, 0.717) is 17.1 Å². The van der Waals surface area contributed by atoms with Gasteiger partial charge in [0.05, 0.1) is 9.79 Å². The summed E-state index contributed by atoms with van der Waals surface area (Å²) in [6.45, 7) is 4.24. The molecule has 0 amide bonds. The van der Waals surface area contributed by atoms with Crippen molar-refractivity contribution in [1.29, 1.82) is 0 Å². The van der Waals surface area contributed by atoms with Crippen LogP contribution in [0.1, 0.15) is 31.4 Å². The molecule has 7 heteroatoms. The van der Waals surface area contributed by atoms with Crippen molar-refractivity contribution in [2.24, 2.45) is 5.92 Å². The molecule has 0 saturated carbocycles. The van der Waals surface area contributed by atoms with Gasteiger partial charge in [-0.3, -0.25) is 0 Å². The van der Waals surface area contributed by atoms with Crippen LogP contribution < -0.4 is 0 Å². The Labute approximate surface area is 201 Å². The first-order valence-corrected chi connectivity index (χ1v) is 14.1.